The summed E-state index contributed by atoms with van der Waals surface area (Å²) in [5.74, 6) is -1.27. The minimum atomic E-state index is -0.824. The predicted octanol–water partition coefficient (Wildman–Crippen LogP) is 3.14. The first-order valence-electron chi connectivity index (χ1n) is 5.29. The second-order valence-electron chi connectivity index (χ2n) is 3.81. The lowest BCUT2D eigenvalue weighted by Gasteiger charge is -2.05. The van der Waals surface area contributed by atoms with Crippen LogP contribution in [0.2, 0.25) is 0 Å². The summed E-state index contributed by atoms with van der Waals surface area (Å²) in [6.45, 7) is 0. The monoisotopic (exact) mass is 280 g/mol. The number of aliphatic imine (C=N–C) groups is 1. The number of phenolic OH excluding ortho intramolecular Hbond substituents is 2. The van der Waals surface area contributed by atoms with Gasteiger partial charge >= 0.3 is 0 Å². The molecule has 0 unspecified atom stereocenters. The van der Waals surface area contributed by atoms with E-state index >= 15 is 0 Å². The second kappa shape index (κ2) is 5.16. The molecule has 98 valence electrons. The van der Waals surface area contributed by atoms with Gasteiger partial charge in [-0.1, -0.05) is 11.6 Å². The number of hydrogen-bond donors (Lipinski definition) is 3. The summed E-state index contributed by atoms with van der Waals surface area (Å²) in [6, 6.07) is 8.09. The molecule has 0 aliphatic heterocycles. The number of aromatic hydroxyl groups is 2. The quantitative estimate of drug-likeness (QED) is 0.449. The van der Waals surface area contributed by atoms with E-state index in [-0.39, 0.29) is 22.2 Å². The van der Waals surface area contributed by atoms with Gasteiger partial charge in [0.25, 0.3) is 0 Å². The Hall–Kier alpha value is -2.27. The molecule has 0 heterocycles. The fourth-order valence-electron chi connectivity index (χ4n) is 1.46. The van der Waals surface area contributed by atoms with Crippen LogP contribution in [0.5, 0.6) is 11.5 Å². The summed E-state index contributed by atoms with van der Waals surface area (Å²) in [7, 11) is 0. The van der Waals surface area contributed by atoms with E-state index in [2.05, 4.69) is 4.99 Å². The van der Waals surface area contributed by atoms with Crippen molar-refractivity contribution >= 4 is 28.1 Å². The SMILES string of the molecule is Nc1cc(F)c(O)cc1C(Cl)=Nc1ccc(O)cc1. The number of nitrogens with zero attached hydrogens (tertiary/aromatic N) is 1. The van der Waals surface area contributed by atoms with Crippen molar-refractivity contribution in [1.29, 1.82) is 0 Å². The molecule has 0 saturated carbocycles. The molecule has 0 bridgehead atoms. The van der Waals surface area contributed by atoms with E-state index in [9.17, 15) is 9.50 Å². The van der Waals surface area contributed by atoms with Crippen LogP contribution in [0.1, 0.15) is 5.56 Å². The normalized spacial score (nSPS) is 11.6. The predicted molar refractivity (Wildman–Crippen MR) is 72.6 cm³/mol. The summed E-state index contributed by atoms with van der Waals surface area (Å²) in [6.07, 6.45) is 0. The molecule has 0 fully saturated rings. The van der Waals surface area contributed by atoms with Gasteiger partial charge < -0.3 is 15.9 Å². The van der Waals surface area contributed by atoms with Gasteiger partial charge in [-0.05, 0) is 30.3 Å². The first-order chi connectivity index (χ1) is 8.97. The maximum absolute atomic E-state index is 13.1. The highest BCUT2D eigenvalue weighted by atomic mass is 35.5. The Labute approximate surface area is 113 Å². The third kappa shape index (κ3) is 2.95. The van der Waals surface area contributed by atoms with Crippen molar-refractivity contribution in [2.45, 2.75) is 0 Å². The van der Waals surface area contributed by atoms with Crippen LogP contribution in [0.25, 0.3) is 0 Å². The average Bonchev–Trinajstić information content (AvgIpc) is 2.36. The highest BCUT2D eigenvalue weighted by molar-refractivity contribution is 6.70. The molecule has 4 N–H and O–H groups in total. The molecule has 2 aromatic carbocycles. The molecule has 0 aromatic heterocycles. The fraction of sp³-hybridized carbons (Fsp3) is 0. The molecule has 2 rings (SSSR count). The van der Waals surface area contributed by atoms with Crippen molar-refractivity contribution in [2.24, 2.45) is 4.99 Å². The fourth-order valence-corrected chi connectivity index (χ4v) is 1.72. The van der Waals surface area contributed by atoms with Gasteiger partial charge in [0, 0.05) is 17.3 Å². The minimum absolute atomic E-state index is 0.0125. The first-order valence-corrected chi connectivity index (χ1v) is 5.67. The molecule has 0 saturated heterocycles. The number of anilines is 1. The van der Waals surface area contributed by atoms with Crippen LogP contribution in [-0.4, -0.2) is 15.4 Å². The van der Waals surface area contributed by atoms with E-state index in [0.29, 0.717) is 5.69 Å². The van der Waals surface area contributed by atoms with Gasteiger partial charge in [0.2, 0.25) is 0 Å². The third-order valence-corrected chi connectivity index (χ3v) is 2.71. The Morgan fingerprint density at radius 2 is 1.79 bits per heavy atom. The van der Waals surface area contributed by atoms with Crippen LogP contribution in [0.4, 0.5) is 15.8 Å². The number of halogens is 2. The van der Waals surface area contributed by atoms with Gasteiger partial charge in [-0.25, -0.2) is 9.38 Å². The molecular weight excluding hydrogens is 271 g/mol. The van der Waals surface area contributed by atoms with Crippen LogP contribution < -0.4 is 5.73 Å². The molecule has 2 aromatic rings. The van der Waals surface area contributed by atoms with Gasteiger partial charge in [-0.2, -0.15) is 0 Å². The zero-order valence-electron chi connectivity index (χ0n) is 9.64. The smallest absolute Gasteiger partial charge is 0.166 e. The molecule has 0 aliphatic rings. The number of rotatable bonds is 2. The van der Waals surface area contributed by atoms with E-state index in [1.54, 1.807) is 12.1 Å². The summed E-state index contributed by atoms with van der Waals surface area (Å²) in [5.41, 5.74) is 6.41. The van der Waals surface area contributed by atoms with Crippen molar-refractivity contribution in [1.82, 2.24) is 0 Å². The van der Waals surface area contributed by atoms with E-state index in [4.69, 9.17) is 22.4 Å². The molecule has 0 spiro atoms. The van der Waals surface area contributed by atoms with Crippen molar-refractivity contribution in [2.75, 3.05) is 5.73 Å². The zero-order valence-corrected chi connectivity index (χ0v) is 10.4. The van der Waals surface area contributed by atoms with Crippen molar-refractivity contribution in [3.05, 3.63) is 47.8 Å². The van der Waals surface area contributed by atoms with Gasteiger partial charge in [0.1, 0.15) is 10.9 Å². The zero-order chi connectivity index (χ0) is 14.0. The molecule has 6 heteroatoms. The topological polar surface area (TPSA) is 78.8 Å². The van der Waals surface area contributed by atoms with Crippen molar-refractivity contribution in [3.63, 3.8) is 0 Å². The molecule has 0 atom stereocenters. The van der Waals surface area contributed by atoms with Gasteiger partial charge in [0.05, 0.1) is 5.69 Å². The lowest BCUT2D eigenvalue weighted by atomic mass is 10.1. The Morgan fingerprint density at radius 3 is 2.42 bits per heavy atom. The van der Waals surface area contributed by atoms with Crippen LogP contribution in [0.15, 0.2) is 41.4 Å². The van der Waals surface area contributed by atoms with Gasteiger partial charge in [-0.3, -0.25) is 0 Å². The second-order valence-corrected chi connectivity index (χ2v) is 4.17. The van der Waals surface area contributed by atoms with E-state index < -0.39 is 11.6 Å². The molecule has 0 radical (unpaired) electrons. The molecule has 19 heavy (non-hydrogen) atoms. The third-order valence-electron chi connectivity index (χ3n) is 2.42. The van der Waals surface area contributed by atoms with Crippen molar-refractivity contribution < 1.29 is 14.6 Å². The summed E-state index contributed by atoms with van der Waals surface area (Å²) in [5, 5.41) is 18.5. The van der Waals surface area contributed by atoms with Crippen LogP contribution >= 0.6 is 11.6 Å². The number of hydrogen-bond acceptors (Lipinski definition) is 4. The number of nitrogens with two attached hydrogens (primary N) is 1. The van der Waals surface area contributed by atoms with E-state index in [0.717, 1.165) is 12.1 Å². The largest absolute Gasteiger partial charge is 0.508 e. The Kier molecular flexibility index (Phi) is 3.57. The maximum atomic E-state index is 13.1. The molecule has 4 nitrogen and oxygen atoms in total. The minimum Gasteiger partial charge on any atom is -0.508 e. The summed E-state index contributed by atoms with van der Waals surface area (Å²) < 4.78 is 13.1. The first kappa shape index (κ1) is 13.2. The summed E-state index contributed by atoms with van der Waals surface area (Å²) >= 11 is 5.98. The highest BCUT2D eigenvalue weighted by Gasteiger charge is 2.10. The maximum Gasteiger partial charge on any atom is 0.166 e. The lowest BCUT2D eigenvalue weighted by Crippen LogP contribution is -1.99. The van der Waals surface area contributed by atoms with Gasteiger partial charge in [-0.15, -0.1) is 0 Å². The highest BCUT2D eigenvalue weighted by Crippen LogP contribution is 2.26. The molecular formula is C13H10ClFN2O2. The van der Waals surface area contributed by atoms with Crippen LogP contribution in [0.3, 0.4) is 0 Å². The standard InChI is InChI=1S/C13H10ClFN2O2/c14-13(17-7-1-3-8(18)4-2-7)9-5-12(19)10(15)6-11(9)16/h1-6,18-19H,16H2. The van der Waals surface area contributed by atoms with Crippen LogP contribution in [-0.2, 0) is 0 Å². The van der Waals surface area contributed by atoms with Gasteiger partial charge in [0.15, 0.2) is 11.6 Å². The number of nitrogen functional groups attached to an aromatic ring is 1. The van der Waals surface area contributed by atoms with E-state index in [1.165, 1.54) is 12.1 Å². The lowest BCUT2D eigenvalue weighted by molar-refractivity contribution is 0.432. The Morgan fingerprint density at radius 1 is 1.16 bits per heavy atom. The molecule has 0 amide bonds. The summed E-state index contributed by atoms with van der Waals surface area (Å²) in [4.78, 5) is 4.06. The number of phenols is 2. The molecule has 0 aliphatic carbocycles. The Bertz CT molecular complexity index is 642. The van der Waals surface area contributed by atoms with Crippen molar-refractivity contribution in [3.8, 4) is 11.5 Å². The average molecular weight is 281 g/mol. The number of benzene rings is 2. The van der Waals surface area contributed by atoms with E-state index in [1.807, 2.05) is 0 Å². The Balaban J connectivity index is 2.41. The van der Waals surface area contributed by atoms with Crippen LogP contribution in [0, 0.1) is 5.82 Å².